The first-order valence-electron chi connectivity index (χ1n) is 4.97. The second kappa shape index (κ2) is 6.79. The Morgan fingerprint density at radius 2 is 2.41 bits per heavy atom. The van der Waals surface area contributed by atoms with Crippen LogP contribution in [0.25, 0.3) is 0 Å². The number of nitrogens with one attached hydrogen (secondary N) is 1. The van der Waals surface area contributed by atoms with Crippen molar-refractivity contribution in [2.24, 2.45) is 0 Å². The highest BCUT2D eigenvalue weighted by molar-refractivity contribution is 9.10. The Balaban J connectivity index is 3.06. The fraction of sp³-hybridized carbons (Fsp3) is 0.250. The summed E-state index contributed by atoms with van der Waals surface area (Å²) in [6, 6.07) is 4.70. The molecule has 92 valence electrons. The average Bonchev–Trinajstić information content (AvgIpc) is 2.33. The molecule has 1 aromatic rings. The lowest BCUT2D eigenvalue weighted by atomic mass is 10.1. The van der Waals surface area contributed by atoms with Crippen molar-refractivity contribution in [1.29, 1.82) is 0 Å². The van der Waals surface area contributed by atoms with Gasteiger partial charge in [0.15, 0.2) is 0 Å². The minimum Gasteiger partial charge on any atom is -0.468 e. The molecule has 17 heavy (non-hydrogen) atoms. The molecule has 0 saturated heterocycles. The third-order valence-corrected chi connectivity index (χ3v) is 3.13. The molecule has 1 unspecified atom stereocenters. The SMILES string of the molecule is C=CCNC(C(=O)OC)c1cc(Cl)ccc1Br. The maximum Gasteiger partial charge on any atom is 0.327 e. The molecule has 0 aliphatic rings. The Morgan fingerprint density at radius 3 is 3.00 bits per heavy atom. The standard InChI is InChI=1S/C12H13BrClNO2/c1-3-6-15-11(12(16)17-2)9-7-8(14)4-5-10(9)13/h3-5,7,11,15H,1,6H2,2H3. The molecule has 3 nitrogen and oxygen atoms in total. The molecule has 1 atom stereocenters. The molecule has 5 heteroatoms. The van der Waals surface area contributed by atoms with E-state index in [1.165, 1.54) is 7.11 Å². The molecule has 1 N–H and O–H groups in total. The van der Waals surface area contributed by atoms with E-state index in [1.807, 2.05) is 0 Å². The molecule has 1 aromatic carbocycles. The molecule has 0 aliphatic heterocycles. The van der Waals surface area contributed by atoms with E-state index < -0.39 is 6.04 Å². The van der Waals surface area contributed by atoms with Crippen molar-refractivity contribution < 1.29 is 9.53 Å². The number of hydrogen-bond donors (Lipinski definition) is 1. The van der Waals surface area contributed by atoms with Crippen molar-refractivity contribution in [2.45, 2.75) is 6.04 Å². The van der Waals surface area contributed by atoms with Crippen molar-refractivity contribution in [3.63, 3.8) is 0 Å². The summed E-state index contributed by atoms with van der Waals surface area (Å²) in [6.07, 6.45) is 1.67. The van der Waals surface area contributed by atoms with E-state index in [4.69, 9.17) is 16.3 Å². The van der Waals surface area contributed by atoms with Crippen molar-refractivity contribution in [1.82, 2.24) is 5.32 Å². The van der Waals surface area contributed by atoms with Gasteiger partial charge in [-0.1, -0.05) is 33.6 Å². The second-order valence-electron chi connectivity index (χ2n) is 3.32. The molecule has 0 heterocycles. The van der Waals surface area contributed by atoms with Crippen LogP contribution in [0.3, 0.4) is 0 Å². The van der Waals surface area contributed by atoms with Crippen LogP contribution in [0.1, 0.15) is 11.6 Å². The van der Waals surface area contributed by atoms with Gasteiger partial charge in [0.05, 0.1) is 7.11 Å². The summed E-state index contributed by atoms with van der Waals surface area (Å²) in [6.45, 7) is 4.10. The number of methoxy groups -OCH3 is 1. The van der Waals surface area contributed by atoms with E-state index in [1.54, 1.807) is 24.3 Å². The van der Waals surface area contributed by atoms with Gasteiger partial charge < -0.3 is 4.74 Å². The monoisotopic (exact) mass is 317 g/mol. The number of benzene rings is 1. The zero-order valence-corrected chi connectivity index (χ0v) is 11.7. The van der Waals surface area contributed by atoms with Gasteiger partial charge >= 0.3 is 5.97 Å². The van der Waals surface area contributed by atoms with Crippen LogP contribution < -0.4 is 5.32 Å². The maximum atomic E-state index is 11.7. The van der Waals surface area contributed by atoms with E-state index in [0.29, 0.717) is 11.6 Å². The molecule has 0 aliphatic carbocycles. The first-order valence-corrected chi connectivity index (χ1v) is 6.14. The summed E-state index contributed by atoms with van der Waals surface area (Å²) in [5.41, 5.74) is 0.742. The van der Waals surface area contributed by atoms with Crippen LogP contribution in [-0.2, 0) is 9.53 Å². The van der Waals surface area contributed by atoms with Gasteiger partial charge in [-0.15, -0.1) is 6.58 Å². The summed E-state index contributed by atoms with van der Waals surface area (Å²) in [5, 5.41) is 3.59. The third-order valence-electron chi connectivity index (χ3n) is 2.17. The highest BCUT2D eigenvalue weighted by Crippen LogP contribution is 2.27. The predicted molar refractivity (Wildman–Crippen MR) is 72.1 cm³/mol. The molecule has 0 aromatic heterocycles. The number of rotatable bonds is 5. The molecule has 0 bridgehead atoms. The van der Waals surface area contributed by atoms with Crippen LogP contribution in [0, 0.1) is 0 Å². The van der Waals surface area contributed by atoms with E-state index in [2.05, 4.69) is 27.8 Å². The summed E-state index contributed by atoms with van der Waals surface area (Å²) in [7, 11) is 1.35. The third kappa shape index (κ3) is 3.84. The van der Waals surface area contributed by atoms with E-state index in [-0.39, 0.29) is 5.97 Å². The van der Waals surface area contributed by atoms with Crippen molar-refractivity contribution in [2.75, 3.05) is 13.7 Å². The lowest BCUT2D eigenvalue weighted by Crippen LogP contribution is -2.30. The average molecular weight is 319 g/mol. The van der Waals surface area contributed by atoms with Gasteiger partial charge in [-0.2, -0.15) is 0 Å². The largest absolute Gasteiger partial charge is 0.468 e. The molecule has 0 saturated carbocycles. The molecule has 0 fully saturated rings. The molecule has 0 amide bonds. The van der Waals surface area contributed by atoms with Crippen LogP contribution in [0.5, 0.6) is 0 Å². The van der Waals surface area contributed by atoms with Crippen LogP contribution >= 0.6 is 27.5 Å². The maximum absolute atomic E-state index is 11.7. The Labute approximate surface area is 114 Å². The number of halogens is 2. The van der Waals surface area contributed by atoms with Gasteiger partial charge in [0.1, 0.15) is 6.04 Å². The normalized spacial score (nSPS) is 11.9. The zero-order valence-electron chi connectivity index (χ0n) is 9.37. The van der Waals surface area contributed by atoms with Gasteiger partial charge in [-0.3, -0.25) is 5.32 Å². The number of esters is 1. The topological polar surface area (TPSA) is 38.3 Å². The highest BCUT2D eigenvalue weighted by atomic mass is 79.9. The molecule has 0 spiro atoms. The lowest BCUT2D eigenvalue weighted by molar-refractivity contribution is -0.143. The van der Waals surface area contributed by atoms with Crippen molar-refractivity contribution in [3.05, 3.63) is 45.9 Å². The van der Waals surface area contributed by atoms with Crippen LogP contribution in [0.2, 0.25) is 5.02 Å². The minimum absolute atomic E-state index is 0.366. The Kier molecular flexibility index (Phi) is 5.68. The van der Waals surface area contributed by atoms with Crippen LogP contribution in [0.15, 0.2) is 35.3 Å². The van der Waals surface area contributed by atoms with Gasteiger partial charge in [0.2, 0.25) is 0 Å². The quantitative estimate of drug-likeness (QED) is 0.670. The second-order valence-corrected chi connectivity index (χ2v) is 4.61. The number of carbonyl (C=O) groups excluding carboxylic acids is 1. The van der Waals surface area contributed by atoms with Gasteiger partial charge in [-0.05, 0) is 23.8 Å². The summed E-state index contributed by atoms with van der Waals surface area (Å²) >= 11 is 9.31. The molecular formula is C12H13BrClNO2. The predicted octanol–water partition coefficient (Wildman–Crippen LogP) is 3.09. The van der Waals surface area contributed by atoms with Crippen molar-refractivity contribution >= 4 is 33.5 Å². The first-order chi connectivity index (χ1) is 8.10. The van der Waals surface area contributed by atoms with E-state index in [0.717, 1.165) is 10.0 Å². The summed E-state index contributed by atoms with van der Waals surface area (Å²) in [5.74, 6) is -0.366. The molecule has 1 rings (SSSR count). The highest BCUT2D eigenvalue weighted by Gasteiger charge is 2.22. The number of ether oxygens (including phenoxy) is 1. The smallest absolute Gasteiger partial charge is 0.327 e. The van der Waals surface area contributed by atoms with Gasteiger partial charge in [0, 0.05) is 16.0 Å². The van der Waals surface area contributed by atoms with Crippen LogP contribution in [-0.4, -0.2) is 19.6 Å². The Hall–Kier alpha value is -0.840. The Bertz CT molecular complexity index is 423. The first kappa shape index (κ1) is 14.2. The fourth-order valence-electron chi connectivity index (χ4n) is 1.38. The number of hydrogen-bond acceptors (Lipinski definition) is 3. The minimum atomic E-state index is -0.564. The van der Waals surface area contributed by atoms with Crippen LogP contribution in [0.4, 0.5) is 0 Å². The van der Waals surface area contributed by atoms with Crippen molar-refractivity contribution in [3.8, 4) is 0 Å². The van der Waals surface area contributed by atoms with Gasteiger partial charge in [0.25, 0.3) is 0 Å². The summed E-state index contributed by atoms with van der Waals surface area (Å²) < 4.78 is 5.56. The Morgan fingerprint density at radius 1 is 1.71 bits per heavy atom. The number of carbonyl (C=O) groups is 1. The lowest BCUT2D eigenvalue weighted by Gasteiger charge is -2.17. The summed E-state index contributed by atoms with van der Waals surface area (Å²) in [4.78, 5) is 11.7. The zero-order chi connectivity index (χ0) is 12.8. The van der Waals surface area contributed by atoms with E-state index in [9.17, 15) is 4.79 Å². The molecular weight excluding hydrogens is 305 g/mol. The molecule has 0 radical (unpaired) electrons. The van der Waals surface area contributed by atoms with E-state index >= 15 is 0 Å². The van der Waals surface area contributed by atoms with Gasteiger partial charge in [-0.25, -0.2) is 4.79 Å². The fourth-order valence-corrected chi connectivity index (χ4v) is 2.03.